The van der Waals surface area contributed by atoms with Crippen LogP contribution in [-0.2, 0) is 11.7 Å². The van der Waals surface area contributed by atoms with Gasteiger partial charge in [0.05, 0.1) is 34.3 Å². The van der Waals surface area contributed by atoms with Crippen molar-refractivity contribution in [2.45, 2.75) is 25.6 Å². The van der Waals surface area contributed by atoms with Crippen LogP contribution in [0.15, 0.2) is 30.7 Å². The van der Waals surface area contributed by atoms with Crippen LogP contribution < -0.4 is 5.73 Å². The quantitative estimate of drug-likeness (QED) is 0.918. The first-order valence-electron chi connectivity index (χ1n) is 5.79. The molecule has 2 aromatic rings. The molecule has 1 aromatic heterocycles. The van der Waals surface area contributed by atoms with Crippen molar-refractivity contribution in [3.05, 3.63) is 47.0 Å². The average molecular weight is 304 g/mol. The van der Waals surface area contributed by atoms with Gasteiger partial charge in [-0.05, 0) is 32.0 Å². The van der Waals surface area contributed by atoms with Gasteiger partial charge in [0.25, 0.3) is 0 Å². The molecule has 0 spiro atoms. The van der Waals surface area contributed by atoms with Gasteiger partial charge in [0.15, 0.2) is 0 Å². The minimum atomic E-state index is -4.51. The number of hydrogen-bond donors (Lipinski definition) is 1. The summed E-state index contributed by atoms with van der Waals surface area (Å²) in [6.07, 6.45) is -1.55. The average Bonchev–Trinajstić information content (AvgIpc) is 2.76. The van der Waals surface area contributed by atoms with Crippen molar-refractivity contribution in [2.24, 2.45) is 5.73 Å². The van der Waals surface area contributed by atoms with Crippen LogP contribution in [0.3, 0.4) is 0 Å². The molecular formula is C13H13ClF3N3. The molecule has 7 heteroatoms. The van der Waals surface area contributed by atoms with Crippen molar-refractivity contribution in [3.63, 3.8) is 0 Å². The monoisotopic (exact) mass is 303 g/mol. The van der Waals surface area contributed by atoms with E-state index in [4.69, 9.17) is 17.3 Å². The Kier molecular flexibility index (Phi) is 3.56. The lowest BCUT2D eigenvalue weighted by atomic mass is 10.0. The SMILES string of the molecule is CC(C)(N)c1cncn1-c1ccc(Cl)c(C(F)(F)F)c1. The zero-order valence-electron chi connectivity index (χ0n) is 10.9. The van der Waals surface area contributed by atoms with E-state index in [0.29, 0.717) is 11.4 Å². The maximum atomic E-state index is 12.9. The van der Waals surface area contributed by atoms with Crippen molar-refractivity contribution >= 4 is 11.6 Å². The largest absolute Gasteiger partial charge is 0.417 e. The van der Waals surface area contributed by atoms with Gasteiger partial charge in [0.2, 0.25) is 0 Å². The molecule has 0 bridgehead atoms. The van der Waals surface area contributed by atoms with Gasteiger partial charge in [-0.3, -0.25) is 0 Å². The number of nitrogens with two attached hydrogens (primary N) is 1. The van der Waals surface area contributed by atoms with Crippen LogP contribution in [0.4, 0.5) is 13.2 Å². The fourth-order valence-corrected chi connectivity index (χ4v) is 2.08. The summed E-state index contributed by atoms with van der Waals surface area (Å²) in [5.74, 6) is 0. The van der Waals surface area contributed by atoms with Crippen molar-refractivity contribution in [1.29, 1.82) is 0 Å². The summed E-state index contributed by atoms with van der Waals surface area (Å²) in [6, 6.07) is 3.70. The highest BCUT2D eigenvalue weighted by Crippen LogP contribution is 2.36. The first-order chi connectivity index (χ1) is 9.10. The predicted molar refractivity (Wildman–Crippen MR) is 70.8 cm³/mol. The minimum Gasteiger partial charge on any atom is -0.321 e. The molecular weight excluding hydrogens is 291 g/mol. The Bertz CT molecular complexity index is 627. The van der Waals surface area contributed by atoms with Crippen LogP contribution in [0.25, 0.3) is 5.69 Å². The van der Waals surface area contributed by atoms with Crippen molar-refractivity contribution < 1.29 is 13.2 Å². The number of hydrogen-bond acceptors (Lipinski definition) is 2. The van der Waals surface area contributed by atoms with Crippen molar-refractivity contribution in [1.82, 2.24) is 9.55 Å². The van der Waals surface area contributed by atoms with Gasteiger partial charge >= 0.3 is 6.18 Å². The first-order valence-corrected chi connectivity index (χ1v) is 6.17. The zero-order valence-corrected chi connectivity index (χ0v) is 11.6. The predicted octanol–water partition coefficient (Wildman–Crippen LogP) is 3.74. The van der Waals surface area contributed by atoms with E-state index in [2.05, 4.69) is 4.98 Å². The van der Waals surface area contributed by atoms with E-state index in [9.17, 15) is 13.2 Å². The molecule has 2 rings (SSSR count). The molecule has 0 atom stereocenters. The van der Waals surface area contributed by atoms with E-state index in [1.807, 2.05) is 0 Å². The lowest BCUT2D eigenvalue weighted by Crippen LogP contribution is -2.31. The van der Waals surface area contributed by atoms with Crippen molar-refractivity contribution in [2.75, 3.05) is 0 Å². The third-order valence-electron chi connectivity index (χ3n) is 2.83. The van der Waals surface area contributed by atoms with Crippen LogP contribution in [0.1, 0.15) is 25.1 Å². The summed E-state index contributed by atoms with van der Waals surface area (Å²) in [6.45, 7) is 3.50. The van der Waals surface area contributed by atoms with E-state index >= 15 is 0 Å². The van der Waals surface area contributed by atoms with Crippen molar-refractivity contribution in [3.8, 4) is 5.69 Å². The summed E-state index contributed by atoms with van der Waals surface area (Å²) in [7, 11) is 0. The molecule has 0 aliphatic carbocycles. The Morgan fingerprint density at radius 1 is 1.25 bits per heavy atom. The molecule has 0 aliphatic rings. The molecule has 0 unspecified atom stereocenters. The Hall–Kier alpha value is -1.53. The molecule has 20 heavy (non-hydrogen) atoms. The summed E-state index contributed by atoms with van der Waals surface area (Å²) in [5.41, 5.74) is 5.29. The van der Waals surface area contributed by atoms with Gasteiger partial charge in [0.1, 0.15) is 0 Å². The normalized spacial score (nSPS) is 12.8. The Morgan fingerprint density at radius 3 is 2.45 bits per heavy atom. The highest BCUT2D eigenvalue weighted by Gasteiger charge is 2.33. The Labute approximate surface area is 119 Å². The molecule has 108 valence electrons. The molecule has 0 radical (unpaired) electrons. The number of benzene rings is 1. The lowest BCUT2D eigenvalue weighted by Gasteiger charge is -2.21. The number of aromatic nitrogens is 2. The number of rotatable bonds is 2. The maximum absolute atomic E-state index is 12.9. The lowest BCUT2D eigenvalue weighted by molar-refractivity contribution is -0.137. The van der Waals surface area contributed by atoms with Gasteiger partial charge < -0.3 is 10.3 Å². The van der Waals surface area contributed by atoms with Gasteiger partial charge in [-0.1, -0.05) is 11.6 Å². The molecule has 0 amide bonds. The fourth-order valence-electron chi connectivity index (χ4n) is 1.86. The second kappa shape index (κ2) is 4.79. The number of nitrogens with zero attached hydrogens (tertiary/aromatic N) is 2. The molecule has 0 saturated carbocycles. The van der Waals surface area contributed by atoms with Crippen LogP contribution >= 0.6 is 11.6 Å². The number of halogens is 4. The molecule has 2 N–H and O–H groups in total. The second-order valence-corrected chi connectivity index (χ2v) is 5.44. The van der Waals surface area contributed by atoms with E-state index in [-0.39, 0.29) is 5.02 Å². The van der Waals surface area contributed by atoms with E-state index in [1.165, 1.54) is 29.2 Å². The Morgan fingerprint density at radius 2 is 1.90 bits per heavy atom. The molecule has 1 aromatic carbocycles. The second-order valence-electron chi connectivity index (χ2n) is 5.03. The Balaban J connectivity index is 2.58. The molecule has 3 nitrogen and oxygen atoms in total. The van der Waals surface area contributed by atoms with Crippen LogP contribution in [-0.4, -0.2) is 9.55 Å². The number of alkyl halides is 3. The summed E-state index contributed by atoms with van der Waals surface area (Å²) in [5, 5.41) is -0.338. The highest BCUT2D eigenvalue weighted by molar-refractivity contribution is 6.31. The maximum Gasteiger partial charge on any atom is 0.417 e. The third-order valence-corrected chi connectivity index (χ3v) is 3.16. The third kappa shape index (κ3) is 2.81. The zero-order chi connectivity index (χ0) is 15.1. The first kappa shape index (κ1) is 14.9. The summed E-state index contributed by atoms with van der Waals surface area (Å²) < 4.78 is 40.1. The molecule has 0 fully saturated rings. The minimum absolute atomic E-state index is 0.313. The van der Waals surface area contributed by atoms with Gasteiger partial charge in [-0.15, -0.1) is 0 Å². The van der Waals surface area contributed by atoms with Crippen LogP contribution in [0, 0.1) is 0 Å². The van der Waals surface area contributed by atoms with E-state index in [0.717, 1.165) is 6.07 Å². The fraction of sp³-hybridized carbons (Fsp3) is 0.308. The summed E-state index contributed by atoms with van der Waals surface area (Å²) in [4.78, 5) is 3.95. The molecule has 0 saturated heterocycles. The van der Waals surface area contributed by atoms with Gasteiger partial charge in [-0.25, -0.2) is 4.98 Å². The molecule has 0 aliphatic heterocycles. The van der Waals surface area contributed by atoms with E-state index in [1.54, 1.807) is 13.8 Å². The molecule has 1 heterocycles. The summed E-state index contributed by atoms with van der Waals surface area (Å²) >= 11 is 5.60. The van der Waals surface area contributed by atoms with Crippen LogP contribution in [0.2, 0.25) is 5.02 Å². The van der Waals surface area contributed by atoms with Gasteiger partial charge in [-0.2, -0.15) is 13.2 Å². The highest BCUT2D eigenvalue weighted by atomic mass is 35.5. The smallest absolute Gasteiger partial charge is 0.321 e. The standard InChI is InChI=1S/C13H13ClF3N3/c1-12(2,18)11-6-19-7-20(11)8-3-4-10(14)9(5-8)13(15,16)17/h3-7H,18H2,1-2H3. The van der Waals surface area contributed by atoms with Crippen LogP contribution in [0.5, 0.6) is 0 Å². The topological polar surface area (TPSA) is 43.8 Å². The van der Waals surface area contributed by atoms with E-state index < -0.39 is 17.3 Å². The number of imidazole rings is 1. The van der Waals surface area contributed by atoms with Gasteiger partial charge in [0, 0.05) is 5.69 Å².